The van der Waals surface area contributed by atoms with Gasteiger partial charge in [-0.2, -0.15) is 0 Å². The third-order valence-corrected chi connectivity index (χ3v) is 3.64. The van der Waals surface area contributed by atoms with Crippen molar-refractivity contribution in [1.29, 1.82) is 0 Å². The van der Waals surface area contributed by atoms with Gasteiger partial charge in [0.05, 0.1) is 0 Å². The van der Waals surface area contributed by atoms with Gasteiger partial charge < -0.3 is 21.3 Å². The van der Waals surface area contributed by atoms with Crippen LogP contribution in [0, 0.1) is 6.92 Å². The maximum atomic E-state index is 12.4. The van der Waals surface area contributed by atoms with Crippen LogP contribution in [0.3, 0.4) is 0 Å². The summed E-state index contributed by atoms with van der Waals surface area (Å²) in [6.45, 7) is 3.62. The average molecular weight is 290 g/mol. The minimum atomic E-state index is -0.493. The molecule has 0 radical (unpaired) electrons. The van der Waals surface area contributed by atoms with E-state index in [1.54, 1.807) is 4.90 Å². The highest BCUT2D eigenvalue weighted by Crippen LogP contribution is 2.15. The Morgan fingerprint density at radius 2 is 1.90 bits per heavy atom. The van der Waals surface area contributed by atoms with Crippen molar-refractivity contribution in [1.82, 2.24) is 10.2 Å². The van der Waals surface area contributed by atoms with Gasteiger partial charge in [0.2, 0.25) is 5.91 Å². The zero-order chi connectivity index (χ0) is 15.2. The summed E-state index contributed by atoms with van der Waals surface area (Å²) in [6, 6.07) is 7.32. The second-order valence-electron chi connectivity index (χ2n) is 5.37. The number of carbonyl (C=O) groups is 2. The molecule has 1 heterocycles. The summed E-state index contributed by atoms with van der Waals surface area (Å²) >= 11 is 0. The van der Waals surface area contributed by atoms with Crippen molar-refractivity contribution >= 4 is 17.6 Å². The van der Waals surface area contributed by atoms with Gasteiger partial charge >= 0.3 is 6.03 Å². The van der Waals surface area contributed by atoms with Gasteiger partial charge in [0.15, 0.2) is 0 Å². The van der Waals surface area contributed by atoms with E-state index in [2.05, 4.69) is 10.6 Å². The van der Waals surface area contributed by atoms with Crippen LogP contribution >= 0.6 is 0 Å². The maximum absolute atomic E-state index is 12.4. The topological polar surface area (TPSA) is 87.5 Å². The number of hydrogen-bond donors (Lipinski definition) is 3. The van der Waals surface area contributed by atoms with E-state index in [4.69, 9.17) is 5.73 Å². The first-order valence-electron chi connectivity index (χ1n) is 7.19. The van der Waals surface area contributed by atoms with Gasteiger partial charge in [-0.25, -0.2) is 4.79 Å². The standard InChI is InChI=1S/C15H22N4O2/c1-11-2-4-12(5-3-11)18-15(21)19(10-14(16)20)13-6-8-17-9-7-13/h2-5,13,17H,6-10H2,1H3,(H2,16,20)(H,18,21). The normalized spacial score (nSPS) is 15.5. The van der Waals surface area contributed by atoms with Gasteiger partial charge in [-0.3, -0.25) is 4.79 Å². The SMILES string of the molecule is Cc1ccc(NC(=O)N(CC(N)=O)C2CCNCC2)cc1. The molecule has 21 heavy (non-hydrogen) atoms. The van der Waals surface area contributed by atoms with Gasteiger partial charge in [-0.15, -0.1) is 0 Å². The van der Waals surface area contributed by atoms with E-state index in [9.17, 15) is 9.59 Å². The van der Waals surface area contributed by atoms with Crippen molar-refractivity contribution in [2.75, 3.05) is 25.0 Å². The molecule has 0 aromatic heterocycles. The summed E-state index contributed by atoms with van der Waals surface area (Å²) in [4.78, 5) is 25.2. The van der Waals surface area contributed by atoms with Crippen molar-refractivity contribution in [3.05, 3.63) is 29.8 Å². The van der Waals surface area contributed by atoms with Crippen LogP contribution in [-0.2, 0) is 4.79 Å². The number of amides is 3. The Kier molecular flexibility index (Phi) is 5.16. The Hall–Kier alpha value is -2.08. The molecule has 0 unspecified atom stereocenters. The summed E-state index contributed by atoms with van der Waals surface area (Å²) in [7, 11) is 0. The van der Waals surface area contributed by atoms with Crippen LogP contribution < -0.4 is 16.4 Å². The lowest BCUT2D eigenvalue weighted by atomic mass is 10.1. The minimum absolute atomic E-state index is 0.0456. The molecule has 0 bridgehead atoms. The molecule has 114 valence electrons. The minimum Gasteiger partial charge on any atom is -0.368 e. The summed E-state index contributed by atoms with van der Waals surface area (Å²) in [5.74, 6) is -0.493. The highest BCUT2D eigenvalue weighted by molar-refractivity contribution is 5.92. The summed E-state index contributed by atoms with van der Waals surface area (Å²) in [5.41, 5.74) is 7.12. The molecular weight excluding hydrogens is 268 g/mol. The number of aryl methyl sites for hydroxylation is 1. The number of primary amides is 1. The molecule has 6 heteroatoms. The number of benzene rings is 1. The van der Waals surface area contributed by atoms with E-state index in [0.29, 0.717) is 5.69 Å². The fraction of sp³-hybridized carbons (Fsp3) is 0.467. The molecule has 0 saturated carbocycles. The van der Waals surface area contributed by atoms with E-state index in [1.165, 1.54) is 0 Å². The molecule has 6 nitrogen and oxygen atoms in total. The molecule has 1 aliphatic rings. The van der Waals surface area contributed by atoms with Crippen LogP contribution in [-0.4, -0.2) is 42.5 Å². The first kappa shape index (κ1) is 15.3. The number of piperidine rings is 1. The number of rotatable bonds is 4. The number of hydrogen-bond acceptors (Lipinski definition) is 3. The van der Waals surface area contributed by atoms with Gasteiger partial charge in [0.1, 0.15) is 6.54 Å². The summed E-state index contributed by atoms with van der Waals surface area (Å²) < 4.78 is 0. The monoisotopic (exact) mass is 290 g/mol. The lowest BCUT2D eigenvalue weighted by molar-refractivity contribution is -0.119. The number of carbonyl (C=O) groups excluding carboxylic acids is 2. The first-order chi connectivity index (χ1) is 10.1. The highest BCUT2D eigenvalue weighted by Gasteiger charge is 2.26. The molecular formula is C15H22N4O2. The van der Waals surface area contributed by atoms with Crippen molar-refractivity contribution in [2.24, 2.45) is 5.73 Å². The first-order valence-corrected chi connectivity index (χ1v) is 7.19. The molecule has 1 saturated heterocycles. The zero-order valence-electron chi connectivity index (χ0n) is 12.3. The average Bonchev–Trinajstić information content (AvgIpc) is 2.48. The Morgan fingerprint density at radius 1 is 1.29 bits per heavy atom. The quantitative estimate of drug-likeness (QED) is 0.775. The largest absolute Gasteiger partial charge is 0.368 e. The Morgan fingerprint density at radius 3 is 2.48 bits per heavy atom. The van der Waals surface area contributed by atoms with Gasteiger partial charge in [-0.05, 0) is 45.0 Å². The smallest absolute Gasteiger partial charge is 0.322 e. The van der Waals surface area contributed by atoms with E-state index in [-0.39, 0.29) is 18.6 Å². The van der Waals surface area contributed by atoms with Gasteiger partial charge in [-0.1, -0.05) is 17.7 Å². The predicted octanol–water partition coefficient (Wildman–Crippen LogP) is 1.07. The molecule has 1 aliphatic heterocycles. The summed E-state index contributed by atoms with van der Waals surface area (Å²) in [5, 5.41) is 6.07. The van der Waals surface area contributed by atoms with Gasteiger partial charge in [0, 0.05) is 11.7 Å². The van der Waals surface area contributed by atoms with Crippen molar-refractivity contribution in [3.63, 3.8) is 0 Å². The van der Waals surface area contributed by atoms with Crippen molar-refractivity contribution < 1.29 is 9.59 Å². The lowest BCUT2D eigenvalue weighted by Crippen LogP contribution is -2.50. The zero-order valence-corrected chi connectivity index (χ0v) is 12.3. The van der Waals surface area contributed by atoms with Gasteiger partial charge in [0.25, 0.3) is 0 Å². The maximum Gasteiger partial charge on any atom is 0.322 e. The molecule has 1 fully saturated rings. The molecule has 0 atom stereocenters. The number of nitrogens with zero attached hydrogens (tertiary/aromatic N) is 1. The molecule has 3 amide bonds. The molecule has 1 aromatic rings. The van der Waals surface area contributed by atoms with E-state index in [0.717, 1.165) is 31.5 Å². The molecule has 0 spiro atoms. The fourth-order valence-electron chi connectivity index (χ4n) is 2.49. The van der Waals surface area contributed by atoms with Crippen LogP contribution in [0.1, 0.15) is 18.4 Å². The van der Waals surface area contributed by atoms with Crippen LogP contribution in [0.2, 0.25) is 0 Å². The Bertz CT molecular complexity index is 495. The predicted molar refractivity (Wildman–Crippen MR) is 82.0 cm³/mol. The number of anilines is 1. The number of urea groups is 1. The molecule has 4 N–H and O–H groups in total. The van der Waals surface area contributed by atoms with E-state index >= 15 is 0 Å². The molecule has 1 aromatic carbocycles. The summed E-state index contributed by atoms with van der Waals surface area (Å²) in [6.07, 6.45) is 1.66. The van der Waals surface area contributed by atoms with Crippen LogP contribution in [0.25, 0.3) is 0 Å². The lowest BCUT2D eigenvalue weighted by Gasteiger charge is -2.33. The van der Waals surface area contributed by atoms with Crippen LogP contribution in [0.4, 0.5) is 10.5 Å². The molecule has 2 rings (SSSR count). The van der Waals surface area contributed by atoms with Crippen LogP contribution in [0.15, 0.2) is 24.3 Å². The second-order valence-corrected chi connectivity index (χ2v) is 5.37. The third-order valence-electron chi connectivity index (χ3n) is 3.64. The number of nitrogens with two attached hydrogens (primary N) is 1. The van der Waals surface area contributed by atoms with E-state index in [1.807, 2.05) is 31.2 Å². The van der Waals surface area contributed by atoms with Crippen LogP contribution in [0.5, 0.6) is 0 Å². The third kappa shape index (κ3) is 4.46. The fourth-order valence-corrected chi connectivity index (χ4v) is 2.49. The van der Waals surface area contributed by atoms with E-state index < -0.39 is 5.91 Å². The second kappa shape index (κ2) is 7.08. The van der Waals surface area contributed by atoms with Crippen molar-refractivity contribution in [2.45, 2.75) is 25.8 Å². The Balaban J connectivity index is 2.05. The van der Waals surface area contributed by atoms with Crippen molar-refractivity contribution in [3.8, 4) is 0 Å². The Labute approximate surface area is 124 Å². The highest BCUT2D eigenvalue weighted by atomic mass is 16.2. The molecule has 0 aliphatic carbocycles. The number of nitrogens with one attached hydrogen (secondary N) is 2.